The summed E-state index contributed by atoms with van der Waals surface area (Å²) in [7, 11) is 1.80. The summed E-state index contributed by atoms with van der Waals surface area (Å²) in [6, 6.07) is 8.30. The molecule has 0 spiro atoms. The molecule has 0 aliphatic carbocycles. The first-order chi connectivity index (χ1) is 13.5. The Kier molecular flexibility index (Phi) is 12.0. The number of aliphatic imine (C=N–C) groups is 1. The summed E-state index contributed by atoms with van der Waals surface area (Å²) < 4.78 is 0. The number of benzene rings is 1. The van der Waals surface area contributed by atoms with E-state index in [1.165, 1.54) is 6.42 Å². The van der Waals surface area contributed by atoms with Crippen molar-refractivity contribution in [2.45, 2.75) is 66.0 Å². The molecule has 0 aliphatic heterocycles. The van der Waals surface area contributed by atoms with Crippen LogP contribution in [0, 0.1) is 0 Å². The van der Waals surface area contributed by atoms with Gasteiger partial charge in [0.1, 0.15) is 0 Å². The first-order valence-electron chi connectivity index (χ1n) is 10.6. The summed E-state index contributed by atoms with van der Waals surface area (Å²) in [5.74, 6) is 0.878. The smallest absolute Gasteiger partial charge is 0.224 e. The lowest BCUT2D eigenvalue weighted by Crippen LogP contribution is -2.42. The van der Waals surface area contributed by atoms with Crippen molar-refractivity contribution >= 4 is 17.6 Å². The second kappa shape index (κ2) is 14.0. The van der Waals surface area contributed by atoms with Crippen LogP contribution in [-0.2, 0) is 11.3 Å². The third-order valence-electron chi connectivity index (χ3n) is 4.79. The lowest BCUT2D eigenvalue weighted by Gasteiger charge is -2.21. The Morgan fingerprint density at radius 3 is 2.39 bits per heavy atom. The number of amides is 1. The molecule has 6 heteroatoms. The van der Waals surface area contributed by atoms with E-state index in [0.29, 0.717) is 19.0 Å². The molecule has 0 aromatic heterocycles. The highest BCUT2D eigenvalue weighted by atomic mass is 16.1. The molecule has 0 aliphatic rings. The third-order valence-corrected chi connectivity index (χ3v) is 4.79. The van der Waals surface area contributed by atoms with Crippen molar-refractivity contribution in [1.82, 2.24) is 15.5 Å². The lowest BCUT2D eigenvalue weighted by atomic mass is 10.1. The Morgan fingerprint density at radius 1 is 1.14 bits per heavy atom. The number of rotatable bonds is 12. The van der Waals surface area contributed by atoms with Gasteiger partial charge in [0.25, 0.3) is 0 Å². The van der Waals surface area contributed by atoms with Crippen LogP contribution in [0.1, 0.15) is 58.9 Å². The number of hydrogen-bond acceptors (Lipinski definition) is 3. The molecule has 1 aromatic carbocycles. The Bertz CT molecular complexity index is 581. The van der Waals surface area contributed by atoms with Gasteiger partial charge in [0.05, 0.1) is 0 Å². The molecule has 3 N–H and O–H groups in total. The van der Waals surface area contributed by atoms with E-state index >= 15 is 0 Å². The second-order valence-electron chi connectivity index (χ2n) is 7.14. The predicted molar refractivity (Wildman–Crippen MR) is 120 cm³/mol. The maximum Gasteiger partial charge on any atom is 0.224 e. The van der Waals surface area contributed by atoms with Gasteiger partial charge in [0.15, 0.2) is 5.96 Å². The van der Waals surface area contributed by atoms with Crippen molar-refractivity contribution in [3.63, 3.8) is 0 Å². The largest absolute Gasteiger partial charge is 0.354 e. The Balaban J connectivity index is 2.38. The maximum atomic E-state index is 11.7. The van der Waals surface area contributed by atoms with Gasteiger partial charge >= 0.3 is 0 Å². The van der Waals surface area contributed by atoms with Gasteiger partial charge in [0, 0.05) is 31.7 Å². The first-order valence-corrected chi connectivity index (χ1v) is 10.6. The molecule has 28 heavy (non-hydrogen) atoms. The fourth-order valence-electron chi connectivity index (χ4n) is 3.00. The number of carbonyl (C=O) groups excluding carboxylic acids is 1. The van der Waals surface area contributed by atoms with Crippen molar-refractivity contribution in [3.05, 3.63) is 29.8 Å². The molecule has 1 aromatic rings. The van der Waals surface area contributed by atoms with E-state index in [-0.39, 0.29) is 5.91 Å². The summed E-state index contributed by atoms with van der Waals surface area (Å²) in [4.78, 5) is 18.4. The van der Waals surface area contributed by atoms with E-state index in [4.69, 9.17) is 0 Å². The molecule has 0 radical (unpaired) electrons. The van der Waals surface area contributed by atoms with Crippen LogP contribution < -0.4 is 16.0 Å². The van der Waals surface area contributed by atoms with E-state index in [9.17, 15) is 4.79 Å². The minimum absolute atomic E-state index is 0.0629. The zero-order chi connectivity index (χ0) is 20.8. The predicted octanol–water partition coefficient (Wildman–Crippen LogP) is 3.60. The molecule has 1 unspecified atom stereocenters. The van der Waals surface area contributed by atoms with Crippen LogP contribution in [0.15, 0.2) is 29.3 Å². The van der Waals surface area contributed by atoms with Crippen molar-refractivity contribution in [1.29, 1.82) is 0 Å². The normalized spacial score (nSPS) is 12.7. The zero-order valence-corrected chi connectivity index (χ0v) is 18.3. The summed E-state index contributed by atoms with van der Waals surface area (Å²) in [5, 5.41) is 9.73. The quantitative estimate of drug-likeness (QED) is 0.377. The van der Waals surface area contributed by atoms with E-state index in [1.807, 2.05) is 31.2 Å². The number of carbonyl (C=O) groups is 1. The van der Waals surface area contributed by atoms with Gasteiger partial charge < -0.3 is 20.9 Å². The molecule has 0 saturated carbocycles. The van der Waals surface area contributed by atoms with Crippen LogP contribution in [0.25, 0.3) is 0 Å². The summed E-state index contributed by atoms with van der Waals surface area (Å²) in [6.45, 7) is 12.7. The molecular weight excluding hydrogens is 350 g/mol. The van der Waals surface area contributed by atoms with Gasteiger partial charge in [-0.3, -0.25) is 9.79 Å². The molecule has 6 nitrogen and oxygen atoms in total. The fourth-order valence-corrected chi connectivity index (χ4v) is 3.00. The second-order valence-corrected chi connectivity index (χ2v) is 7.14. The SMILES string of the molecule is CCCC(=O)Nc1ccc(CNC(=NC)NC(C)CCCN(CC)CC)cc1. The molecule has 1 amide bonds. The van der Waals surface area contributed by atoms with E-state index in [1.54, 1.807) is 7.05 Å². The fraction of sp³-hybridized carbons (Fsp3) is 0.636. The molecule has 0 bridgehead atoms. The minimum atomic E-state index is 0.0629. The van der Waals surface area contributed by atoms with Crippen LogP contribution in [0.5, 0.6) is 0 Å². The number of nitrogens with one attached hydrogen (secondary N) is 3. The molecule has 0 saturated heterocycles. The zero-order valence-electron chi connectivity index (χ0n) is 18.3. The van der Waals surface area contributed by atoms with Gasteiger partial charge in [-0.25, -0.2) is 0 Å². The van der Waals surface area contributed by atoms with Gasteiger partial charge in [-0.1, -0.05) is 32.9 Å². The minimum Gasteiger partial charge on any atom is -0.354 e. The maximum absolute atomic E-state index is 11.7. The van der Waals surface area contributed by atoms with Crippen LogP contribution >= 0.6 is 0 Å². The highest BCUT2D eigenvalue weighted by Crippen LogP contribution is 2.10. The molecule has 0 fully saturated rings. The number of hydrogen-bond donors (Lipinski definition) is 3. The lowest BCUT2D eigenvalue weighted by molar-refractivity contribution is -0.116. The number of guanidine groups is 1. The standard InChI is InChI=1S/C22H39N5O/c1-6-10-21(28)26-20-14-12-19(13-15-20)17-24-22(23-5)25-18(4)11-9-16-27(7-2)8-3/h12-15,18H,6-11,16-17H2,1-5H3,(H,26,28)(H2,23,24,25). The van der Waals surface area contributed by atoms with Crippen molar-refractivity contribution < 1.29 is 4.79 Å². The monoisotopic (exact) mass is 389 g/mol. The topological polar surface area (TPSA) is 68.8 Å². The van der Waals surface area contributed by atoms with Crippen LogP contribution in [0.4, 0.5) is 5.69 Å². The van der Waals surface area contributed by atoms with Gasteiger partial charge in [-0.2, -0.15) is 0 Å². The van der Waals surface area contributed by atoms with Crippen LogP contribution in [0.3, 0.4) is 0 Å². The van der Waals surface area contributed by atoms with E-state index in [0.717, 1.165) is 49.7 Å². The van der Waals surface area contributed by atoms with Gasteiger partial charge in [-0.05, 0) is 63.5 Å². The molecule has 1 atom stereocenters. The summed E-state index contributed by atoms with van der Waals surface area (Å²) in [5.41, 5.74) is 1.98. The first kappa shape index (κ1) is 24.0. The van der Waals surface area contributed by atoms with Crippen molar-refractivity contribution in [2.75, 3.05) is 32.0 Å². The van der Waals surface area contributed by atoms with Crippen molar-refractivity contribution in [3.8, 4) is 0 Å². The van der Waals surface area contributed by atoms with Gasteiger partial charge in [0.2, 0.25) is 5.91 Å². The highest BCUT2D eigenvalue weighted by Gasteiger charge is 2.07. The van der Waals surface area contributed by atoms with Gasteiger partial charge in [-0.15, -0.1) is 0 Å². The van der Waals surface area contributed by atoms with Crippen LogP contribution in [-0.4, -0.2) is 49.5 Å². The number of anilines is 1. The number of nitrogens with zero attached hydrogens (tertiary/aromatic N) is 2. The average Bonchev–Trinajstić information content (AvgIpc) is 2.69. The van der Waals surface area contributed by atoms with E-state index in [2.05, 4.69) is 46.6 Å². The Hall–Kier alpha value is -2.08. The van der Waals surface area contributed by atoms with Crippen LogP contribution in [0.2, 0.25) is 0 Å². The highest BCUT2D eigenvalue weighted by molar-refractivity contribution is 5.90. The molecule has 158 valence electrons. The average molecular weight is 390 g/mol. The summed E-state index contributed by atoms with van der Waals surface area (Å²) >= 11 is 0. The summed E-state index contributed by atoms with van der Waals surface area (Å²) in [6.07, 6.45) is 3.70. The molecular formula is C22H39N5O. The molecule has 0 heterocycles. The third kappa shape index (κ3) is 9.74. The Morgan fingerprint density at radius 2 is 1.82 bits per heavy atom. The molecule has 1 rings (SSSR count). The van der Waals surface area contributed by atoms with Crippen molar-refractivity contribution in [2.24, 2.45) is 4.99 Å². The Labute approximate surface area is 171 Å². The van der Waals surface area contributed by atoms with E-state index < -0.39 is 0 Å².